The summed E-state index contributed by atoms with van der Waals surface area (Å²) in [5.74, 6) is 0.176. The number of aliphatic hydroxyl groups is 1. The average molecular weight is 268 g/mol. The average Bonchev–Trinajstić information content (AvgIpc) is 2.92. The van der Waals surface area contributed by atoms with Crippen molar-refractivity contribution in [3.8, 4) is 0 Å². The Morgan fingerprint density at radius 3 is 2.95 bits per heavy atom. The Bertz CT molecular complexity index is 617. The van der Waals surface area contributed by atoms with Crippen molar-refractivity contribution >= 4 is 22.9 Å². The minimum absolute atomic E-state index is 0.0141. The van der Waals surface area contributed by atoms with Crippen LogP contribution in [0.25, 0.3) is 11.2 Å². The van der Waals surface area contributed by atoms with Crippen molar-refractivity contribution in [2.45, 2.75) is 24.9 Å². The molecule has 0 spiro atoms. The molecule has 1 fully saturated rings. The summed E-state index contributed by atoms with van der Waals surface area (Å²) in [6, 6.07) is 0. The molecule has 19 heavy (non-hydrogen) atoms. The van der Waals surface area contributed by atoms with Crippen LogP contribution >= 0.6 is 0 Å². The van der Waals surface area contributed by atoms with Gasteiger partial charge >= 0.3 is 0 Å². The van der Waals surface area contributed by atoms with Crippen LogP contribution in [0.2, 0.25) is 0 Å². The van der Waals surface area contributed by atoms with E-state index in [0.717, 1.165) is 0 Å². The van der Waals surface area contributed by atoms with Crippen molar-refractivity contribution in [1.29, 1.82) is 0 Å². The van der Waals surface area contributed by atoms with Gasteiger partial charge < -0.3 is 21.3 Å². The lowest BCUT2D eigenvalue weighted by Gasteiger charge is -2.13. The molecule has 0 aliphatic carbocycles. The Morgan fingerprint density at radius 2 is 2.26 bits per heavy atom. The fourth-order valence-electron chi connectivity index (χ4n) is 2.19. The van der Waals surface area contributed by atoms with E-state index in [1.165, 1.54) is 6.33 Å². The van der Waals surface area contributed by atoms with Crippen LogP contribution in [0.15, 0.2) is 6.33 Å². The fourth-order valence-corrected chi connectivity index (χ4v) is 2.19. The van der Waals surface area contributed by atoms with Gasteiger partial charge in [-0.05, 0) is 0 Å². The standard InChI is InChI=1S/C10H13FN6O2/c11-4-1-6(19-5(4)2-18)17-3-14-7-8(12)15-10(13)16-9(7)17/h3-6,18H,1-2H2,(H4,12,13,15,16)/t4-,5+,6+/m0/s1. The minimum Gasteiger partial charge on any atom is -0.394 e. The van der Waals surface area contributed by atoms with E-state index in [-0.39, 0.29) is 24.8 Å². The highest BCUT2D eigenvalue weighted by atomic mass is 19.1. The zero-order valence-electron chi connectivity index (χ0n) is 9.90. The topological polar surface area (TPSA) is 125 Å². The summed E-state index contributed by atoms with van der Waals surface area (Å²) in [6.45, 7) is -0.371. The molecule has 1 aliphatic rings. The molecule has 3 atom stereocenters. The van der Waals surface area contributed by atoms with Gasteiger partial charge in [-0.15, -0.1) is 0 Å². The maximum atomic E-state index is 13.6. The number of aromatic nitrogens is 4. The molecule has 0 unspecified atom stereocenters. The van der Waals surface area contributed by atoms with Gasteiger partial charge in [0.25, 0.3) is 0 Å². The lowest BCUT2D eigenvalue weighted by Crippen LogP contribution is -2.21. The smallest absolute Gasteiger partial charge is 0.224 e. The monoisotopic (exact) mass is 268 g/mol. The molecule has 8 nitrogen and oxygen atoms in total. The third kappa shape index (κ3) is 1.87. The van der Waals surface area contributed by atoms with Crippen molar-refractivity contribution in [3.05, 3.63) is 6.33 Å². The molecule has 2 aromatic rings. The number of hydrogen-bond donors (Lipinski definition) is 3. The van der Waals surface area contributed by atoms with Gasteiger partial charge in [-0.1, -0.05) is 0 Å². The number of nitrogens with zero attached hydrogens (tertiary/aromatic N) is 4. The second-order valence-electron chi connectivity index (χ2n) is 4.35. The minimum atomic E-state index is -1.23. The summed E-state index contributed by atoms with van der Waals surface area (Å²) < 4.78 is 20.5. The Morgan fingerprint density at radius 1 is 1.47 bits per heavy atom. The van der Waals surface area contributed by atoms with Gasteiger partial charge in [-0.2, -0.15) is 9.97 Å². The molecule has 0 radical (unpaired) electrons. The number of halogens is 1. The number of nitrogen functional groups attached to an aromatic ring is 2. The Balaban J connectivity index is 2.02. The maximum absolute atomic E-state index is 13.6. The van der Waals surface area contributed by atoms with Gasteiger partial charge in [-0.25, -0.2) is 9.37 Å². The molecule has 1 saturated heterocycles. The van der Waals surface area contributed by atoms with E-state index in [9.17, 15) is 4.39 Å². The molecule has 0 bridgehead atoms. The Kier molecular flexibility index (Phi) is 2.72. The van der Waals surface area contributed by atoms with E-state index in [4.69, 9.17) is 21.3 Å². The van der Waals surface area contributed by atoms with Crippen LogP contribution < -0.4 is 11.5 Å². The Labute approximate surface area is 107 Å². The quantitative estimate of drug-likeness (QED) is 0.677. The molecule has 102 valence electrons. The third-order valence-electron chi connectivity index (χ3n) is 3.12. The van der Waals surface area contributed by atoms with Crippen molar-refractivity contribution in [2.24, 2.45) is 0 Å². The molecule has 2 aromatic heterocycles. The molecule has 3 heterocycles. The molecule has 9 heteroatoms. The molecule has 1 aliphatic heterocycles. The molecule has 0 saturated carbocycles. The van der Waals surface area contributed by atoms with Crippen LogP contribution in [0.4, 0.5) is 16.2 Å². The van der Waals surface area contributed by atoms with E-state index < -0.39 is 18.5 Å². The summed E-state index contributed by atoms with van der Waals surface area (Å²) in [5, 5.41) is 9.00. The van der Waals surface area contributed by atoms with Crippen molar-refractivity contribution in [3.63, 3.8) is 0 Å². The first-order valence-electron chi connectivity index (χ1n) is 5.76. The normalized spacial score (nSPS) is 27.2. The molecular formula is C10H13FN6O2. The molecular weight excluding hydrogens is 255 g/mol. The number of ether oxygens (including phenoxy) is 1. The SMILES string of the molecule is Nc1nc(N)c2ncn([C@H]3C[C@H](F)[C@@H](CO)O3)c2n1. The molecule has 3 rings (SSSR count). The number of hydrogen-bond acceptors (Lipinski definition) is 7. The number of anilines is 2. The first kappa shape index (κ1) is 12.1. The van der Waals surface area contributed by atoms with Crippen LogP contribution in [0.5, 0.6) is 0 Å². The van der Waals surface area contributed by atoms with E-state index in [0.29, 0.717) is 11.2 Å². The maximum Gasteiger partial charge on any atom is 0.224 e. The second kappa shape index (κ2) is 4.28. The van der Waals surface area contributed by atoms with Crippen LogP contribution in [-0.4, -0.2) is 43.5 Å². The van der Waals surface area contributed by atoms with E-state index >= 15 is 0 Å². The first-order valence-corrected chi connectivity index (χ1v) is 5.76. The van der Waals surface area contributed by atoms with Gasteiger partial charge in [-0.3, -0.25) is 4.57 Å². The molecule has 0 amide bonds. The van der Waals surface area contributed by atoms with Gasteiger partial charge in [0, 0.05) is 6.42 Å². The predicted octanol–water partition coefficient (Wildman–Crippen LogP) is -0.391. The lowest BCUT2D eigenvalue weighted by atomic mass is 10.2. The second-order valence-corrected chi connectivity index (χ2v) is 4.35. The zero-order chi connectivity index (χ0) is 13.6. The highest BCUT2D eigenvalue weighted by molar-refractivity contribution is 5.82. The van der Waals surface area contributed by atoms with Gasteiger partial charge in [0.2, 0.25) is 5.95 Å². The van der Waals surface area contributed by atoms with Crippen molar-refractivity contribution in [1.82, 2.24) is 19.5 Å². The van der Waals surface area contributed by atoms with Crippen LogP contribution in [0.1, 0.15) is 12.6 Å². The Hall–Kier alpha value is -2.00. The third-order valence-corrected chi connectivity index (χ3v) is 3.12. The number of rotatable bonds is 2. The number of alkyl halides is 1. The summed E-state index contributed by atoms with van der Waals surface area (Å²) >= 11 is 0. The van der Waals surface area contributed by atoms with Crippen LogP contribution in [0, 0.1) is 0 Å². The number of nitrogens with two attached hydrogens (primary N) is 2. The van der Waals surface area contributed by atoms with Crippen molar-refractivity contribution < 1.29 is 14.2 Å². The van der Waals surface area contributed by atoms with Crippen molar-refractivity contribution in [2.75, 3.05) is 18.1 Å². The largest absolute Gasteiger partial charge is 0.394 e. The van der Waals surface area contributed by atoms with Gasteiger partial charge in [0.05, 0.1) is 12.9 Å². The van der Waals surface area contributed by atoms with Gasteiger partial charge in [0.15, 0.2) is 11.5 Å². The highest BCUT2D eigenvalue weighted by Crippen LogP contribution is 2.33. The van der Waals surface area contributed by atoms with Crippen LogP contribution in [-0.2, 0) is 4.74 Å². The van der Waals surface area contributed by atoms with Crippen LogP contribution in [0.3, 0.4) is 0 Å². The van der Waals surface area contributed by atoms with E-state index in [1.807, 2.05) is 0 Å². The number of fused-ring (bicyclic) bond motifs is 1. The summed E-state index contributed by atoms with van der Waals surface area (Å²) in [7, 11) is 0. The number of imidazole rings is 1. The highest BCUT2D eigenvalue weighted by Gasteiger charge is 2.36. The van der Waals surface area contributed by atoms with E-state index in [2.05, 4.69) is 15.0 Å². The van der Waals surface area contributed by atoms with Gasteiger partial charge in [0.1, 0.15) is 24.0 Å². The fraction of sp³-hybridized carbons (Fsp3) is 0.500. The zero-order valence-corrected chi connectivity index (χ0v) is 9.90. The molecule has 0 aromatic carbocycles. The summed E-state index contributed by atoms with van der Waals surface area (Å²) in [4.78, 5) is 11.9. The molecule has 5 N–H and O–H groups in total. The lowest BCUT2D eigenvalue weighted by molar-refractivity contribution is -0.0323. The number of aliphatic hydroxyl groups excluding tert-OH is 1. The predicted molar refractivity (Wildman–Crippen MR) is 64.7 cm³/mol. The van der Waals surface area contributed by atoms with E-state index in [1.54, 1.807) is 4.57 Å². The summed E-state index contributed by atoms with van der Waals surface area (Å²) in [5.41, 5.74) is 12.0. The summed E-state index contributed by atoms with van der Waals surface area (Å²) in [6.07, 6.45) is -1.10. The first-order chi connectivity index (χ1) is 9.10.